The molecule has 1 fully saturated rings. The highest BCUT2D eigenvalue weighted by Crippen LogP contribution is 2.47. The summed E-state index contributed by atoms with van der Waals surface area (Å²) in [6, 6.07) is 0. The molecule has 0 unspecified atom stereocenters. The largest absolute Gasteiger partial charge is 0.419 e. The van der Waals surface area contributed by atoms with Crippen molar-refractivity contribution in [1.82, 2.24) is 10.6 Å². The summed E-state index contributed by atoms with van der Waals surface area (Å²) in [7, 11) is -1.90. The van der Waals surface area contributed by atoms with Crippen LogP contribution in [0.2, 0.25) is 0 Å². The van der Waals surface area contributed by atoms with Gasteiger partial charge in [-0.25, -0.2) is 4.57 Å². The van der Waals surface area contributed by atoms with Crippen molar-refractivity contribution in [2.45, 2.75) is 12.5 Å². The molecule has 0 amide bonds. The Morgan fingerprint density at radius 2 is 2.00 bits per heavy atom. The minimum absolute atomic E-state index is 0.244. The average molecular weight is 225 g/mol. The van der Waals surface area contributed by atoms with E-state index in [1.165, 1.54) is 14.0 Å². The molecule has 0 aromatic heterocycles. The molecule has 14 heavy (non-hydrogen) atoms. The summed E-state index contributed by atoms with van der Waals surface area (Å²) in [5.41, 5.74) is 1.07. The molecule has 1 rings (SSSR count). The molecule has 2 N–H and O–H groups in total. The molecule has 0 aliphatic carbocycles. The number of nitro groups is 1. The highest BCUT2D eigenvalue weighted by molar-refractivity contribution is 7.51. The fraction of sp³-hybridized carbons (Fsp3) is 1.00. The Labute approximate surface area is 80.7 Å². The van der Waals surface area contributed by atoms with Crippen LogP contribution >= 0.6 is 7.75 Å². The molecule has 1 aliphatic rings. The maximum atomic E-state index is 11.5. The molecular weight excluding hydrogens is 213 g/mol. The first-order chi connectivity index (χ1) is 6.42. The van der Waals surface area contributed by atoms with Crippen molar-refractivity contribution in [2.75, 3.05) is 20.3 Å². The summed E-state index contributed by atoms with van der Waals surface area (Å²) in [4.78, 5) is 10.1. The van der Waals surface area contributed by atoms with Crippen LogP contribution in [0.4, 0.5) is 0 Å². The number of rotatable bonds is 3. The number of hydrogen-bond donors (Lipinski definition) is 2. The predicted octanol–water partition coefficient (Wildman–Crippen LogP) is -0.0993. The highest BCUT2D eigenvalue weighted by atomic mass is 31.2. The summed E-state index contributed by atoms with van der Waals surface area (Å²) in [6.07, 6.45) is 0. The molecule has 82 valence electrons. The quantitative estimate of drug-likeness (QED) is 0.392. The molecule has 8 nitrogen and oxygen atoms in total. The number of hydrazine groups is 1. The molecule has 0 aromatic rings. The second-order valence-corrected chi connectivity index (χ2v) is 4.90. The number of nitrogens with zero attached hydrogens (tertiary/aromatic N) is 1. The molecule has 0 aromatic carbocycles. The van der Waals surface area contributed by atoms with Gasteiger partial charge in [-0.2, -0.15) is 5.20 Å². The first-order valence-corrected chi connectivity index (χ1v) is 5.44. The van der Waals surface area contributed by atoms with E-state index in [1.54, 1.807) is 0 Å². The Balaban J connectivity index is 2.62. The first kappa shape index (κ1) is 11.5. The standard InChI is InChI=1S/C5H12N3O5P/c1-5(8(9)10)3-12-14(11,7-6-2)13-4-5/h6H,3-4H2,1-2H3,(H,7,11). The third-order valence-electron chi connectivity index (χ3n) is 1.78. The van der Waals surface area contributed by atoms with Gasteiger partial charge >= 0.3 is 7.75 Å². The van der Waals surface area contributed by atoms with Crippen LogP contribution in [0.15, 0.2) is 0 Å². The molecule has 1 heterocycles. The van der Waals surface area contributed by atoms with E-state index >= 15 is 0 Å². The van der Waals surface area contributed by atoms with E-state index in [0.717, 1.165) is 0 Å². The maximum Gasteiger partial charge on any atom is 0.419 e. The van der Waals surface area contributed by atoms with Crippen LogP contribution < -0.4 is 10.6 Å². The van der Waals surface area contributed by atoms with Gasteiger partial charge in [-0.15, -0.1) is 0 Å². The highest BCUT2D eigenvalue weighted by Gasteiger charge is 2.47. The minimum Gasteiger partial charge on any atom is -0.288 e. The lowest BCUT2D eigenvalue weighted by Gasteiger charge is -2.30. The van der Waals surface area contributed by atoms with Crippen molar-refractivity contribution >= 4 is 7.75 Å². The van der Waals surface area contributed by atoms with Crippen molar-refractivity contribution in [3.05, 3.63) is 10.1 Å². The number of nitrogens with one attached hydrogen (secondary N) is 2. The van der Waals surface area contributed by atoms with E-state index in [4.69, 9.17) is 9.05 Å². The lowest BCUT2D eigenvalue weighted by Crippen LogP contribution is -2.48. The average Bonchev–Trinajstić information content (AvgIpc) is 2.11. The van der Waals surface area contributed by atoms with Crippen molar-refractivity contribution in [3.63, 3.8) is 0 Å². The van der Waals surface area contributed by atoms with Gasteiger partial charge in [0.15, 0.2) is 0 Å². The molecule has 1 aliphatic heterocycles. The molecule has 0 radical (unpaired) electrons. The second-order valence-electron chi connectivity index (χ2n) is 3.16. The predicted molar refractivity (Wildman–Crippen MR) is 47.1 cm³/mol. The third kappa shape index (κ3) is 2.28. The van der Waals surface area contributed by atoms with Crippen LogP contribution in [-0.4, -0.2) is 30.7 Å². The van der Waals surface area contributed by atoms with Crippen molar-refractivity contribution in [3.8, 4) is 0 Å². The second kappa shape index (κ2) is 3.92. The monoisotopic (exact) mass is 225 g/mol. The Morgan fingerprint density at radius 3 is 2.36 bits per heavy atom. The van der Waals surface area contributed by atoms with Crippen LogP contribution in [0, 0.1) is 10.1 Å². The van der Waals surface area contributed by atoms with Crippen LogP contribution in [0.3, 0.4) is 0 Å². The van der Waals surface area contributed by atoms with E-state index in [2.05, 4.69) is 10.6 Å². The summed E-state index contributed by atoms with van der Waals surface area (Å²) in [6.45, 7) is 0.883. The normalized spacial score (nSPS) is 38.1. The van der Waals surface area contributed by atoms with Gasteiger partial charge in [-0.1, -0.05) is 0 Å². The lowest BCUT2D eigenvalue weighted by atomic mass is 10.1. The zero-order chi connectivity index (χ0) is 10.8. The van der Waals surface area contributed by atoms with Gasteiger partial charge < -0.3 is 0 Å². The van der Waals surface area contributed by atoms with Gasteiger partial charge in [0, 0.05) is 11.8 Å². The molecule has 9 heteroatoms. The van der Waals surface area contributed by atoms with Gasteiger partial charge in [-0.05, 0) is 7.05 Å². The maximum absolute atomic E-state index is 11.5. The van der Waals surface area contributed by atoms with Crippen LogP contribution in [-0.2, 0) is 13.6 Å². The van der Waals surface area contributed by atoms with Crippen LogP contribution in [0.1, 0.15) is 6.92 Å². The van der Waals surface area contributed by atoms with Gasteiger partial charge in [-0.3, -0.25) is 24.6 Å². The Bertz CT molecular complexity index is 271. The van der Waals surface area contributed by atoms with E-state index in [-0.39, 0.29) is 13.2 Å². The van der Waals surface area contributed by atoms with E-state index in [9.17, 15) is 14.7 Å². The zero-order valence-electron chi connectivity index (χ0n) is 7.85. The fourth-order valence-electron chi connectivity index (χ4n) is 0.834. The molecular formula is C5H12N3O5P. The molecule has 0 bridgehead atoms. The van der Waals surface area contributed by atoms with E-state index < -0.39 is 18.2 Å². The SMILES string of the molecule is CNNP1(=O)OCC(C)([N+](=O)[O-])CO1. The Kier molecular flexibility index (Phi) is 3.23. The zero-order valence-corrected chi connectivity index (χ0v) is 8.74. The van der Waals surface area contributed by atoms with Gasteiger partial charge in [0.25, 0.3) is 5.54 Å². The first-order valence-electron chi connectivity index (χ1n) is 3.89. The molecule has 1 saturated heterocycles. The van der Waals surface area contributed by atoms with E-state index in [0.29, 0.717) is 0 Å². The lowest BCUT2D eigenvalue weighted by molar-refractivity contribution is -0.573. The molecule has 0 atom stereocenters. The van der Waals surface area contributed by atoms with Gasteiger partial charge in [0.2, 0.25) is 0 Å². The summed E-state index contributed by atoms with van der Waals surface area (Å²) in [5.74, 6) is 0. The number of hydrogen-bond acceptors (Lipinski definition) is 6. The third-order valence-corrected chi connectivity index (χ3v) is 3.22. The van der Waals surface area contributed by atoms with Gasteiger partial charge in [0.1, 0.15) is 13.2 Å². The molecule has 0 spiro atoms. The van der Waals surface area contributed by atoms with Gasteiger partial charge in [0.05, 0.1) is 0 Å². The van der Waals surface area contributed by atoms with Crippen LogP contribution in [0.5, 0.6) is 0 Å². The summed E-state index contributed by atoms with van der Waals surface area (Å²) >= 11 is 0. The van der Waals surface area contributed by atoms with Crippen LogP contribution in [0.25, 0.3) is 0 Å². The smallest absolute Gasteiger partial charge is 0.288 e. The summed E-state index contributed by atoms with van der Waals surface area (Å²) in [5, 5.41) is 12.8. The van der Waals surface area contributed by atoms with E-state index in [1.807, 2.05) is 0 Å². The van der Waals surface area contributed by atoms with Crippen molar-refractivity contribution in [1.29, 1.82) is 0 Å². The fourth-order valence-corrected chi connectivity index (χ4v) is 2.21. The topological polar surface area (TPSA) is 103 Å². The summed E-state index contributed by atoms with van der Waals surface area (Å²) < 4.78 is 21.1. The Morgan fingerprint density at radius 1 is 1.50 bits per heavy atom. The molecule has 0 saturated carbocycles. The minimum atomic E-state index is -3.40. The van der Waals surface area contributed by atoms with Crippen molar-refractivity contribution < 1.29 is 18.5 Å². The Hall–Kier alpha value is -0.530. The van der Waals surface area contributed by atoms with Crippen molar-refractivity contribution in [2.24, 2.45) is 0 Å².